The van der Waals surface area contributed by atoms with Crippen molar-refractivity contribution in [3.8, 4) is 0 Å². The van der Waals surface area contributed by atoms with E-state index >= 15 is 0 Å². The Balaban J connectivity index is 0.00000243. The molecule has 3 rings (SSSR count). The monoisotopic (exact) mass is 466 g/mol. The molecule has 2 aromatic heterocycles. The summed E-state index contributed by atoms with van der Waals surface area (Å²) in [7, 11) is 3.63. The van der Waals surface area contributed by atoms with Gasteiger partial charge in [-0.05, 0) is 5.56 Å². The summed E-state index contributed by atoms with van der Waals surface area (Å²) in [5.74, 6) is 1.55. The number of aryl methyl sites for hydroxylation is 1. The number of anilines is 1. The molecule has 8 nitrogen and oxygen atoms in total. The molecule has 0 fully saturated rings. The fourth-order valence-electron chi connectivity index (χ4n) is 2.47. The van der Waals surface area contributed by atoms with Crippen molar-refractivity contribution < 1.29 is 0 Å². The van der Waals surface area contributed by atoms with E-state index in [-0.39, 0.29) is 24.0 Å². The number of hydrogen-bond donors (Lipinski definition) is 3. The van der Waals surface area contributed by atoms with Crippen LogP contribution in [0.2, 0.25) is 0 Å². The second-order valence-corrected chi connectivity index (χ2v) is 5.49. The Kier molecular flexibility index (Phi) is 7.57. The predicted molar refractivity (Wildman–Crippen MR) is 115 cm³/mol. The van der Waals surface area contributed by atoms with Crippen LogP contribution in [0.3, 0.4) is 0 Å². The van der Waals surface area contributed by atoms with Gasteiger partial charge in [-0.2, -0.15) is 5.10 Å². The highest BCUT2D eigenvalue weighted by Crippen LogP contribution is 2.16. The van der Waals surface area contributed by atoms with E-state index in [4.69, 9.17) is 0 Å². The Morgan fingerprint density at radius 2 is 1.92 bits per heavy atom. The molecule has 26 heavy (non-hydrogen) atoms. The first-order valence-electron chi connectivity index (χ1n) is 8.13. The summed E-state index contributed by atoms with van der Waals surface area (Å²) >= 11 is 0. The first-order valence-corrected chi connectivity index (χ1v) is 8.13. The van der Waals surface area contributed by atoms with Crippen LogP contribution in [0.25, 0.3) is 11.0 Å². The van der Waals surface area contributed by atoms with Crippen LogP contribution in [0.4, 0.5) is 5.82 Å². The number of fused-ring (bicyclic) bond motifs is 1. The lowest BCUT2D eigenvalue weighted by molar-refractivity contribution is 0.785. The topological polar surface area (TPSA) is 92.1 Å². The summed E-state index contributed by atoms with van der Waals surface area (Å²) in [4.78, 5) is 12.7. The van der Waals surface area contributed by atoms with Crippen molar-refractivity contribution in [3.05, 3.63) is 48.4 Å². The Morgan fingerprint density at radius 1 is 1.12 bits per heavy atom. The van der Waals surface area contributed by atoms with Crippen molar-refractivity contribution in [2.45, 2.75) is 6.54 Å². The van der Waals surface area contributed by atoms with Crippen LogP contribution in [0.5, 0.6) is 0 Å². The zero-order valence-electron chi connectivity index (χ0n) is 14.8. The van der Waals surface area contributed by atoms with Gasteiger partial charge in [-0.1, -0.05) is 30.3 Å². The summed E-state index contributed by atoms with van der Waals surface area (Å²) in [6.45, 7) is 2.14. The van der Waals surface area contributed by atoms with Crippen LogP contribution in [-0.4, -0.2) is 45.8 Å². The van der Waals surface area contributed by atoms with Crippen LogP contribution in [-0.2, 0) is 13.6 Å². The number of halogens is 1. The van der Waals surface area contributed by atoms with E-state index in [1.807, 2.05) is 25.2 Å². The molecule has 0 spiro atoms. The third-order valence-corrected chi connectivity index (χ3v) is 3.77. The second kappa shape index (κ2) is 9.90. The van der Waals surface area contributed by atoms with Crippen LogP contribution >= 0.6 is 24.0 Å². The Labute approximate surface area is 169 Å². The zero-order chi connectivity index (χ0) is 17.5. The molecule has 0 aliphatic carbocycles. The summed E-state index contributed by atoms with van der Waals surface area (Å²) in [5.41, 5.74) is 2.02. The van der Waals surface area contributed by atoms with Gasteiger partial charge in [0.25, 0.3) is 0 Å². The van der Waals surface area contributed by atoms with Gasteiger partial charge in [0.15, 0.2) is 11.6 Å². The number of rotatable bonds is 6. The highest BCUT2D eigenvalue weighted by Gasteiger charge is 2.06. The molecule has 0 aliphatic rings. The highest BCUT2D eigenvalue weighted by atomic mass is 127. The van der Waals surface area contributed by atoms with Crippen molar-refractivity contribution in [3.63, 3.8) is 0 Å². The minimum absolute atomic E-state index is 0. The standard InChI is InChI=1S/C17H22N8.HI/c1-18-17(21-10-13-6-4-3-5-7-13)20-9-8-19-15-14-11-24-25(2)16(14)23-12-22-15;/h3-7,11-12H,8-10H2,1-2H3,(H2,18,20,21)(H,19,22,23);1H. The fraction of sp³-hybridized carbons (Fsp3) is 0.294. The molecule has 0 radical (unpaired) electrons. The summed E-state index contributed by atoms with van der Waals surface area (Å²) < 4.78 is 1.73. The quantitative estimate of drug-likeness (QED) is 0.222. The van der Waals surface area contributed by atoms with E-state index in [1.54, 1.807) is 24.3 Å². The molecule has 0 saturated carbocycles. The lowest BCUT2D eigenvalue weighted by Gasteiger charge is -2.12. The fourth-order valence-corrected chi connectivity index (χ4v) is 2.47. The van der Waals surface area contributed by atoms with Crippen molar-refractivity contribution in [1.29, 1.82) is 0 Å². The first kappa shape index (κ1) is 19.9. The van der Waals surface area contributed by atoms with Crippen molar-refractivity contribution in [1.82, 2.24) is 30.4 Å². The van der Waals surface area contributed by atoms with E-state index in [1.165, 1.54) is 5.56 Å². The third-order valence-electron chi connectivity index (χ3n) is 3.77. The molecule has 2 heterocycles. The first-order chi connectivity index (χ1) is 12.3. The van der Waals surface area contributed by atoms with Crippen LogP contribution in [0, 0.1) is 0 Å². The zero-order valence-corrected chi connectivity index (χ0v) is 17.1. The number of aromatic nitrogens is 4. The van der Waals surface area contributed by atoms with Crippen molar-refractivity contribution >= 4 is 46.8 Å². The number of nitrogens with zero attached hydrogens (tertiary/aromatic N) is 5. The molecular weight excluding hydrogens is 443 g/mol. The Hall–Kier alpha value is -2.43. The van der Waals surface area contributed by atoms with Gasteiger partial charge in [-0.25, -0.2) is 9.97 Å². The minimum atomic E-state index is 0. The summed E-state index contributed by atoms with van der Waals surface area (Å²) in [6, 6.07) is 10.2. The van der Waals surface area contributed by atoms with E-state index in [0.29, 0.717) is 13.1 Å². The van der Waals surface area contributed by atoms with E-state index in [0.717, 1.165) is 29.4 Å². The van der Waals surface area contributed by atoms with Crippen LogP contribution in [0.15, 0.2) is 47.8 Å². The average Bonchev–Trinajstić information content (AvgIpc) is 3.04. The number of hydrogen-bond acceptors (Lipinski definition) is 5. The van der Waals surface area contributed by atoms with Gasteiger partial charge in [0.2, 0.25) is 0 Å². The lowest BCUT2D eigenvalue weighted by atomic mass is 10.2. The smallest absolute Gasteiger partial charge is 0.191 e. The molecule has 0 atom stereocenters. The molecule has 138 valence electrons. The third kappa shape index (κ3) is 5.04. The van der Waals surface area contributed by atoms with Gasteiger partial charge in [-0.15, -0.1) is 24.0 Å². The van der Waals surface area contributed by atoms with Gasteiger partial charge < -0.3 is 16.0 Å². The maximum absolute atomic E-state index is 4.28. The van der Waals surface area contributed by atoms with E-state index < -0.39 is 0 Å². The van der Waals surface area contributed by atoms with Crippen LogP contribution < -0.4 is 16.0 Å². The Bertz CT molecular complexity index is 846. The molecule has 9 heteroatoms. The van der Waals surface area contributed by atoms with E-state index in [9.17, 15) is 0 Å². The summed E-state index contributed by atoms with van der Waals surface area (Å²) in [6.07, 6.45) is 3.31. The number of nitrogens with one attached hydrogen (secondary N) is 3. The number of benzene rings is 1. The molecule has 0 saturated heterocycles. The number of guanidine groups is 1. The molecular formula is C17H23IN8. The van der Waals surface area contributed by atoms with Gasteiger partial charge in [0, 0.05) is 33.7 Å². The van der Waals surface area contributed by atoms with Crippen LogP contribution in [0.1, 0.15) is 5.56 Å². The van der Waals surface area contributed by atoms with E-state index in [2.05, 4.69) is 48.1 Å². The minimum Gasteiger partial charge on any atom is -0.368 e. The molecule has 0 amide bonds. The predicted octanol–water partition coefficient (Wildman–Crippen LogP) is 1.76. The summed E-state index contributed by atoms with van der Waals surface area (Å²) in [5, 5.41) is 15.0. The normalized spacial score (nSPS) is 11.1. The van der Waals surface area contributed by atoms with Crippen molar-refractivity contribution in [2.75, 3.05) is 25.5 Å². The van der Waals surface area contributed by atoms with Crippen molar-refractivity contribution in [2.24, 2.45) is 12.0 Å². The molecule has 0 aliphatic heterocycles. The average molecular weight is 466 g/mol. The largest absolute Gasteiger partial charge is 0.368 e. The van der Waals surface area contributed by atoms with Gasteiger partial charge in [-0.3, -0.25) is 9.67 Å². The number of aliphatic imine (C=N–C) groups is 1. The molecule has 1 aromatic carbocycles. The Morgan fingerprint density at radius 3 is 2.69 bits per heavy atom. The van der Waals surface area contributed by atoms with Gasteiger partial charge in [0.05, 0.1) is 11.6 Å². The molecule has 3 aromatic rings. The molecule has 0 bridgehead atoms. The van der Waals surface area contributed by atoms with Gasteiger partial charge in [0.1, 0.15) is 12.1 Å². The van der Waals surface area contributed by atoms with Gasteiger partial charge >= 0.3 is 0 Å². The SMILES string of the molecule is CN=C(NCCNc1ncnc2c1cnn2C)NCc1ccccc1.I. The second-order valence-electron chi connectivity index (χ2n) is 5.49. The maximum Gasteiger partial charge on any atom is 0.191 e. The molecule has 0 unspecified atom stereocenters. The maximum atomic E-state index is 4.28. The highest BCUT2D eigenvalue weighted by molar-refractivity contribution is 14.0. The molecule has 3 N–H and O–H groups in total. The lowest BCUT2D eigenvalue weighted by Crippen LogP contribution is -2.39.